The molecule has 0 bridgehead atoms. The molecule has 0 fully saturated rings. The van der Waals surface area contributed by atoms with Crippen LogP contribution in [-0.2, 0) is 0 Å². The van der Waals surface area contributed by atoms with Gasteiger partial charge in [-0.3, -0.25) is 4.98 Å². The van der Waals surface area contributed by atoms with Crippen molar-refractivity contribution in [2.45, 2.75) is 0 Å². The maximum absolute atomic E-state index is 9.70. The van der Waals surface area contributed by atoms with E-state index in [9.17, 15) is 10.5 Å². The summed E-state index contributed by atoms with van der Waals surface area (Å²) < 4.78 is 2.21. The van der Waals surface area contributed by atoms with Gasteiger partial charge in [0.05, 0.1) is 46.2 Å². The fourth-order valence-electron chi connectivity index (χ4n) is 6.44. The Morgan fingerprint density at radius 1 is 0.512 bits per heavy atom. The van der Waals surface area contributed by atoms with Gasteiger partial charge in [0.15, 0.2) is 0 Å². The molecule has 0 aliphatic heterocycles. The lowest BCUT2D eigenvalue weighted by Gasteiger charge is -2.15. The van der Waals surface area contributed by atoms with E-state index in [4.69, 9.17) is 0 Å². The molecule has 8 rings (SSSR count). The number of nitriles is 2. The second-order valence-electron chi connectivity index (χ2n) is 10.6. The molecule has 43 heavy (non-hydrogen) atoms. The van der Waals surface area contributed by atoms with Crippen molar-refractivity contribution in [1.29, 1.82) is 10.5 Å². The average Bonchev–Trinajstić information content (AvgIpc) is 3.40. The first-order valence-electron chi connectivity index (χ1n) is 14.1. The van der Waals surface area contributed by atoms with Crippen LogP contribution in [0.2, 0.25) is 0 Å². The van der Waals surface area contributed by atoms with Gasteiger partial charge in [0.2, 0.25) is 0 Å². The van der Waals surface area contributed by atoms with Crippen LogP contribution in [0, 0.1) is 22.7 Å². The van der Waals surface area contributed by atoms with Crippen LogP contribution < -0.4 is 0 Å². The van der Waals surface area contributed by atoms with E-state index in [1.54, 1.807) is 6.20 Å². The van der Waals surface area contributed by atoms with Gasteiger partial charge in [0.1, 0.15) is 0 Å². The Balaban J connectivity index is 1.37. The Hall–Kier alpha value is -6.23. The number of nitrogens with zero attached hydrogens (tertiary/aromatic N) is 4. The minimum atomic E-state index is 0.632. The molecule has 2 heterocycles. The zero-order valence-corrected chi connectivity index (χ0v) is 23.0. The van der Waals surface area contributed by atoms with Gasteiger partial charge in [-0.05, 0) is 86.9 Å². The predicted octanol–water partition coefficient (Wildman–Crippen LogP) is 9.56. The highest BCUT2D eigenvalue weighted by atomic mass is 15.0. The first kappa shape index (κ1) is 24.6. The second-order valence-corrected chi connectivity index (χ2v) is 10.6. The molecular formula is C39H22N4. The van der Waals surface area contributed by atoms with Crippen LogP contribution >= 0.6 is 0 Å². The number of hydrogen-bond acceptors (Lipinski definition) is 3. The Morgan fingerprint density at radius 3 is 1.84 bits per heavy atom. The molecular weight excluding hydrogens is 524 g/mol. The van der Waals surface area contributed by atoms with Crippen molar-refractivity contribution in [3.63, 3.8) is 0 Å². The highest BCUT2D eigenvalue weighted by Gasteiger charge is 2.17. The van der Waals surface area contributed by atoms with E-state index in [0.29, 0.717) is 11.1 Å². The molecule has 0 aliphatic rings. The highest BCUT2D eigenvalue weighted by molar-refractivity contribution is 6.13. The van der Waals surface area contributed by atoms with Gasteiger partial charge in [-0.2, -0.15) is 10.5 Å². The molecule has 0 amide bonds. The number of pyridine rings is 1. The van der Waals surface area contributed by atoms with E-state index in [0.717, 1.165) is 71.3 Å². The van der Waals surface area contributed by atoms with Crippen molar-refractivity contribution in [1.82, 2.24) is 9.55 Å². The molecule has 6 aromatic carbocycles. The van der Waals surface area contributed by atoms with E-state index in [-0.39, 0.29) is 0 Å². The van der Waals surface area contributed by atoms with Crippen LogP contribution in [-0.4, -0.2) is 9.55 Å². The molecule has 0 saturated carbocycles. The third kappa shape index (κ3) is 3.79. The average molecular weight is 547 g/mol. The normalized spacial score (nSPS) is 11.2. The van der Waals surface area contributed by atoms with Gasteiger partial charge in [-0.25, -0.2) is 0 Å². The van der Waals surface area contributed by atoms with Crippen molar-refractivity contribution in [2.75, 3.05) is 0 Å². The van der Waals surface area contributed by atoms with Crippen molar-refractivity contribution in [3.8, 4) is 40.1 Å². The summed E-state index contributed by atoms with van der Waals surface area (Å²) in [5, 5.41) is 25.8. The summed E-state index contributed by atoms with van der Waals surface area (Å²) in [6.07, 6.45) is 3.64. The maximum Gasteiger partial charge on any atom is 0.0998 e. The lowest BCUT2D eigenvalue weighted by molar-refractivity contribution is 1.14. The molecule has 0 saturated heterocycles. The quantitative estimate of drug-likeness (QED) is 0.222. The first-order chi connectivity index (χ1) is 21.2. The van der Waals surface area contributed by atoms with Crippen LogP contribution in [0.15, 0.2) is 134 Å². The summed E-state index contributed by atoms with van der Waals surface area (Å²) in [6.45, 7) is 0. The van der Waals surface area contributed by atoms with Crippen molar-refractivity contribution >= 4 is 43.4 Å². The zero-order valence-electron chi connectivity index (χ0n) is 23.0. The summed E-state index contributed by atoms with van der Waals surface area (Å²) in [5.41, 5.74) is 8.87. The smallest absolute Gasteiger partial charge is 0.0998 e. The molecule has 2 aromatic heterocycles. The Labute approximate surface area is 247 Å². The standard InChI is InChI=1S/C39H22N4/c40-22-25-11-17-38-36(20-25)37-21-26(13-18-39(37)43(38)28-6-5-19-42-24-28)30-15-16-35(33-10-4-3-9-32(30)33)34-14-12-27(23-41)29-7-1-2-8-31(29)34/h1-21,24H. The minimum absolute atomic E-state index is 0.632. The number of aromatic nitrogens is 2. The fraction of sp³-hybridized carbons (Fsp3) is 0. The largest absolute Gasteiger partial charge is 0.308 e. The van der Waals surface area contributed by atoms with Gasteiger partial charge >= 0.3 is 0 Å². The number of benzene rings is 6. The monoisotopic (exact) mass is 546 g/mol. The van der Waals surface area contributed by atoms with E-state index in [1.165, 1.54) is 0 Å². The molecule has 198 valence electrons. The number of fused-ring (bicyclic) bond motifs is 5. The van der Waals surface area contributed by atoms with E-state index < -0.39 is 0 Å². The fourth-order valence-corrected chi connectivity index (χ4v) is 6.44. The van der Waals surface area contributed by atoms with Crippen LogP contribution in [0.1, 0.15) is 11.1 Å². The van der Waals surface area contributed by atoms with Crippen molar-refractivity contribution < 1.29 is 0 Å². The highest BCUT2D eigenvalue weighted by Crippen LogP contribution is 2.41. The third-order valence-electron chi connectivity index (χ3n) is 8.37. The zero-order chi connectivity index (χ0) is 28.9. The topological polar surface area (TPSA) is 65.4 Å². The van der Waals surface area contributed by atoms with E-state index in [2.05, 4.69) is 94.5 Å². The van der Waals surface area contributed by atoms with E-state index in [1.807, 2.05) is 54.7 Å². The van der Waals surface area contributed by atoms with Crippen LogP contribution in [0.3, 0.4) is 0 Å². The van der Waals surface area contributed by atoms with Gasteiger partial charge < -0.3 is 4.57 Å². The van der Waals surface area contributed by atoms with Gasteiger partial charge in [-0.15, -0.1) is 0 Å². The number of rotatable bonds is 3. The molecule has 0 unspecified atom stereocenters. The summed E-state index contributed by atoms with van der Waals surface area (Å²) in [5.74, 6) is 0. The molecule has 0 spiro atoms. The molecule has 0 N–H and O–H groups in total. The molecule has 0 aliphatic carbocycles. The van der Waals surface area contributed by atoms with Gasteiger partial charge in [-0.1, -0.05) is 72.8 Å². The van der Waals surface area contributed by atoms with E-state index >= 15 is 0 Å². The van der Waals surface area contributed by atoms with Crippen molar-refractivity contribution in [3.05, 3.63) is 145 Å². The number of hydrogen-bond donors (Lipinski definition) is 0. The summed E-state index contributed by atoms with van der Waals surface area (Å²) in [4.78, 5) is 4.36. The minimum Gasteiger partial charge on any atom is -0.308 e. The maximum atomic E-state index is 9.70. The lowest BCUT2D eigenvalue weighted by atomic mass is 9.89. The lowest BCUT2D eigenvalue weighted by Crippen LogP contribution is -1.94. The van der Waals surface area contributed by atoms with Crippen LogP contribution in [0.4, 0.5) is 0 Å². The second kappa shape index (κ2) is 9.70. The Bertz CT molecular complexity index is 2470. The Kier molecular flexibility index (Phi) is 5.54. The molecule has 0 atom stereocenters. The van der Waals surface area contributed by atoms with Crippen LogP contribution in [0.5, 0.6) is 0 Å². The predicted molar refractivity (Wildman–Crippen MR) is 174 cm³/mol. The third-order valence-corrected chi connectivity index (χ3v) is 8.37. The van der Waals surface area contributed by atoms with Gasteiger partial charge in [0, 0.05) is 22.4 Å². The molecule has 8 aromatic rings. The van der Waals surface area contributed by atoms with Crippen LogP contribution in [0.25, 0.3) is 71.3 Å². The summed E-state index contributed by atoms with van der Waals surface area (Å²) >= 11 is 0. The summed E-state index contributed by atoms with van der Waals surface area (Å²) in [6, 6.07) is 46.1. The summed E-state index contributed by atoms with van der Waals surface area (Å²) in [7, 11) is 0. The molecule has 4 nitrogen and oxygen atoms in total. The molecule has 0 radical (unpaired) electrons. The SMILES string of the molecule is N#Cc1ccc2c(c1)c1cc(-c3ccc(-c4ccc(C#N)c5ccccc45)c4ccccc34)ccc1n2-c1cccnc1. The van der Waals surface area contributed by atoms with Crippen molar-refractivity contribution in [2.24, 2.45) is 0 Å². The Morgan fingerprint density at radius 2 is 1.14 bits per heavy atom. The first-order valence-corrected chi connectivity index (χ1v) is 14.1. The van der Waals surface area contributed by atoms with Gasteiger partial charge in [0.25, 0.3) is 0 Å². The molecule has 4 heteroatoms.